The standard InChI is InChI=1S/C15H24O3Si/c1-7-10-15(12-16,13-9-8-11-17-13)18-19(5,6)14(2,3)4/h7-9,11-12H,1,10H2,2-6H3/t15-/m1/s1. The van der Waals surface area contributed by atoms with E-state index in [0.29, 0.717) is 12.2 Å². The normalized spacial score (nSPS) is 15.8. The molecule has 0 fully saturated rings. The molecule has 4 heteroatoms. The predicted octanol–water partition coefficient (Wildman–Crippen LogP) is 4.27. The minimum atomic E-state index is -2.09. The van der Waals surface area contributed by atoms with E-state index in [2.05, 4.69) is 40.4 Å². The lowest BCUT2D eigenvalue weighted by molar-refractivity contribution is -0.124. The summed E-state index contributed by atoms with van der Waals surface area (Å²) in [5, 5.41) is 0.0228. The molecule has 0 N–H and O–H groups in total. The van der Waals surface area contributed by atoms with Gasteiger partial charge < -0.3 is 8.84 Å². The van der Waals surface area contributed by atoms with Crippen molar-refractivity contribution in [1.82, 2.24) is 0 Å². The zero-order chi connectivity index (χ0) is 14.7. The summed E-state index contributed by atoms with van der Waals surface area (Å²) in [6, 6.07) is 3.55. The summed E-state index contributed by atoms with van der Waals surface area (Å²) in [6.07, 6.45) is 4.51. The zero-order valence-electron chi connectivity index (χ0n) is 12.5. The average molecular weight is 280 g/mol. The van der Waals surface area contributed by atoms with E-state index >= 15 is 0 Å². The highest BCUT2D eigenvalue weighted by Gasteiger charge is 2.46. The first-order valence-corrected chi connectivity index (χ1v) is 9.41. The van der Waals surface area contributed by atoms with E-state index in [9.17, 15) is 4.79 Å². The molecular weight excluding hydrogens is 256 g/mol. The molecule has 106 valence electrons. The van der Waals surface area contributed by atoms with Crippen LogP contribution in [0.1, 0.15) is 33.0 Å². The SMILES string of the molecule is C=CC[C@](C=O)(O[Si](C)(C)C(C)(C)C)c1ccco1. The molecule has 0 saturated carbocycles. The maximum Gasteiger partial charge on any atom is 0.194 e. The molecule has 3 nitrogen and oxygen atoms in total. The number of aldehydes is 1. The van der Waals surface area contributed by atoms with Crippen molar-refractivity contribution in [2.45, 2.75) is 50.9 Å². The third-order valence-electron chi connectivity index (χ3n) is 3.82. The van der Waals surface area contributed by atoms with Gasteiger partial charge in [-0.1, -0.05) is 26.8 Å². The Morgan fingerprint density at radius 3 is 2.42 bits per heavy atom. The van der Waals surface area contributed by atoms with Gasteiger partial charge in [0.2, 0.25) is 0 Å². The van der Waals surface area contributed by atoms with Crippen LogP contribution in [0.25, 0.3) is 0 Å². The average Bonchev–Trinajstić information content (AvgIpc) is 2.80. The van der Waals surface area contributed by atoms with Gasteiger partial charge in [0.1, 0.15) is 5.76 Å². The lowest BCUT2D eigenvalue weighted by atomic mass is 9.99. The van der Waals surface area contributed by atoms with Crippen LogP contribution in [0.4, 0.5) is 0 Å². The van der Waals surface area contributed by atoms with Crippen LogP contribution >= 0.6 is 0 Å². The van der Waals surface area contributed by atoms with Crippen molar-refractivity contribution < 1.29 is 13.6 Å². The third-order valence-corrected chi connectivity index (χ3v) is 8.31. The predicted molar refractivity (Wildman–Crippen MR) is 79.5 cm³/mol. The summed E-state index contributed by atoms with van der Waals surface area (Å²) in [4.78, 5) is 11.7. The fourth-order valence-electron chi connectivity index (χ4n) is 1.66. The lowest BCUT2D eigenvalue weighted by Gasteiger charge is -2.42. The smallest absolute Gasteiger partial charge is 0.194 e. The molecule has 19 heavy (non-hydrogen) atoms. The molecule has 0 aliphatic heterocycles. The Balaban J connectivity index is 3.20. The molecule has 1 atom stereocenters. The molecule has 0 spiro atoms. The van der Waals surface area contributed by atoms with Crippen LogP contribution < -0.4 is 0 Å². The Morgan fingerprint density at radius 1 is 1.42 bits per heavy atom. The van der Waals surface area contributed by atoms with Crippen LogP contribution in [-0.4, -0.2) is 14.6 Å². The molecule has 0 saturated heterocycles. The largest absolute Gasteiger partial charge is 0.466 e. The Hall–Kier alpha value is -1.13. The zero-order valence-corrected chi connectivity index (χ0v) is 13.5. The second-order valence-electron chi connectivity index (χ2n) is 6.34. The number of rotatable bonds is 6. The van der Waals surface area contributed by atoms with E-state index in [0.717, 1.165) is 6.29 Å². The molecule has 1 heterocycles. The number of carbonyl (C=O) groups is 1. The molecule has 0 aliphatic rings. The Bertz CT molecular complexity index is 429. The maximum atomic E-state index is 11.7. The van der Waals surface area contributed by atoms with Crippen molar-refractivity contribution in [3.05, 3.63) is 36.8 Å². The van der Waals surface area contributed by atoms with Crippen molar-refractivity contribution in [3.63, 3.8) is 0 Å². The first-order valence-electron chi connectivity index (χ1n) is 6.50. The van der Waals surface area contributed by atoms with Gasteiger partial charge in [-0.2, -0.15) is 0 Å². The van der Waals surface area contributed by atoms with Gasteiger partial charge in [-0.25, -0.2) is 0 Å². The van der Waals surface area contributed by atoms with Crippen LogP contribution in [0.2, 0.25) is 18.1 Å². The van der Waals surface area contributed by atoms with E-state index in [1.54, 1.807) is 24.5 Å². The monoisotopic (exact) mass is 280 g/mol. The second-order valence-corrected chi connectivity index (χ2v) is 11.1. The fourth-order valence-corrected chi connectivity index (χ4v) is 3.11. The Kier molecular flexibility index (Phi) is 4.58. The summed E-state index contributed by atoms with van der Waals surface area (Å²) in [6.45, 7) is 14.4. The topological polar surface area (TPSA) is 39.4 Å². The minimum absolute atomic E-state index is 0.0228. The van der Waals surface area contributed by atoms with Gasteiger partial charge in [0.25, 0.3) is 0 Å². The summed E-state index contributed by atoms with van der Waals surface area (Å²) in [5.41, 5.74) is -1.05. The van der Waals surface area contributed by atoms with Crippen molar-refractivity contribution in [2.24, 2.45) is 0 Å². The Labute approximate surface area is 116 Å². The van der Waals surface area contributed by atoms with Gasteiger partial charge in [0, 0.05) is 6.42 Å². The van der Waals surface area contributed by atoms with Crippen molar-refractivity contribution in [3.8, 4) is 0 Å². The third kappa shape index (κ3) is 3.25. The summed E-state index contributed by atoms with van der Waals surface area (Å²) >= 11 is 0. The molecule has 1 rings (SSSR count). The first kappa shape index (κ1) is 15.9. The van der Waals surface area contributed by atoms with Crippen molar-refractivity contribution in [2.75, 3.05) is 0 Å². The van der Waals surface area contributed by atoms with Gasteiger partial charge in [0.05, 0.1) is 6.26 Å². The van der Waals surface area contributed by atoms with Gasteiger partial charge in [-0.15, -0.1) is 6.58 Å². The lowest BCUT2D eigenvalue weighted by Crippen LogP contribution is -2.49. The van der Waals surface area contributed by atoms with Crippen LogP contribution in [0.5, 0.6) is 0 Å². The quantitative estimate of drug-likeness (QED) is 0.444. The molecule has 0 radical (unpaired) electrons. The van der Waals surface area contributed by atoms with Crippen LogP contribution in [0.3, 0.4) is 0 Å². The Morgan fingerprint density at radius 2 is 2.05 bits per heavy atom. The highest BCUT2D eigenvalue weighted by Crippen LogP contribution is 2.42. The summed E-state index contributed by atoms with van der Waals surface area (Å²) in [5.74, 6) is 0.548. The van der Waals surface area contributed by atoms with E-state index in [1.165, 1.54) is 0 Å². The fraction of sp³-hybridized carbons (Fsp3) is 0.533. The highest BCUT2D eigenvalue weighted by atomic mass is 28.4. The summed E-state index contributed by atoms with van der Waals surface area (Å²) < 4.78 is 11.7. The molecule has 0 aromatic carbocycles. The maximum absolute atomic E-state index is 11.7. The molecular formula is C15H24O3Si. The molecule has 1 aromatic heterocycles. The number of hydrogen-bond donors (Lipinski definition) is 0. The number of furan rings is 1. The number of carbonyl (C=O) groups excluding carboxylic acids is 1. The number of hydrogen-bond acceptors (Lipinski definition) is 3. The van der Waals surface area contributed by atoms with Crippen molar-refractivity contribution in [1.29, 1.82) is 0 Å². The van der Waals surface area contributed by atoms with Crippen LogP contribution in [0.15, 0.2) is 35.5 Å². The van der Waals surface area contributed by atoms with Gasteiger partial charge in [0.15, 0.2) is 20.2 Å². The van der Waals surface area contributed by atoms with Crippen molar-refractivity contribution >= 4 is 14.6 Å². The summed E-state index contributed by atoms with van der Waals surface area (Å²) in [7, 11) is -2.09. The van der Waals surface area contributed by atoms with Gasteiger partial charge in [-0.3, -0.25) is 4.79 Å². The van der Waals surface area contributed by atoms with Crippen LogP contribution in [-0.2, 0) is 14.8 Å². The molecule has 0 unspecified atom stereocenters. The first-order chi connectivity index (χ1) is 8.68. The van der Waals surface area contributed by atoms with Crippen LogP contribution in [0, 0.1) is 0 Å². The molecule has 0 amide bonds. The second kappa shape index (κ2) is 5.47. The molecule has 1 aromatic rings. The molecule has 0 bridgehead atoms. The highest BCUT2D eigenvalue weighted by molar-refractivity contribution is 6.74. The molecule has 0 aliphatic carbocycles. The minimum Gasteiger partial charge on any atom is -0.466 e. The van der Waals surface area contributed by atoms with Gasteiger partial charge >= 0.3 is 0 Å². The van der Waals surface area contributed by atoms with E-state index < -0.39 is 13.9 Å². The van der Waals surface area contributed by atoms with E-state index in [4.69, 9.17) is 8.84 Å². The van der Waals surface area contributed by atoms with E-state index in [1.807, 2.05) is 0 Å². The van der Waals surface area contributed by atoms with E-state index in [-0.39, 0.29) is 5.04 Å². The van der Waals surface area contributed by atoms with Gasteiger partial charge in [-0.05, 0) is 30.3 Å².